The molecule has 4 rings (SSSR count). The van der Waals surface area contributed by atoms with E-state index in [0.29, 0.717) is 0 Å². The van der Waals surface area contributed by atoms with Crippen LogP contribution in [0.3, 0.4) is 0 Å². The quantitative estimate of drug-likeness (QED) is 0.682. The first-order valence-corrected chi connectivity index (χ1v) is 11.4. The van der Waals surface area contributed by atoms with Gasteiger partial charge in [0.1, 0.15) is 0 Å². The summed E-state index contributed by atoms with van der Waals surface area (Å²) in [5, 5.41) is 2.11. The number of thiophene rings is 1. The number of imide groups is 1. The first-order valence-electron chi connectivity index (χ1n) is 10.5. The van der Waals surface area contributed by atoms with Crippen molar-refractivity contribution in [2.75, 3.05) is 39.3 Å². The average Bonchev–Trinajstić information content (AvgIpc) is 3.33. The van der Waals surface area contributed by atoms with Gasteiger partial charge in [0.25, 0.3) is 0 Å². The molecule has 3 amide bonds. The van der Waals surface area contributed by atoms with E-state index in [1.165, 1.54) is 9.78 Å². The molecule has 152 valence electrons. The highest BCUT2D eigenvalue weighted by Crippen LogP contribution is 2.38. The molecular weight excluding hydrogens is 374 g/mol. The second kappa shape index (κ2) is 8.74. The lowest BCUT2D eigenvalue weighted by Gasteiger charge is -2.35. The number of hydrogen-bond acceptors (Lipinski definition) is 5. The topological polar surface area (TPSA) is 60.9 Å². The lowest BCUT2D eigenvalue weighted by Crippen LogP contribution is -2.49. The van der Waals surface area contributed by atoms with Crippen LogP contribution in [0.25, 0.3) is 0 Å². The van der Waals surface area contributed by atoms with Gasteiger partial charge in [-0.05, 0) is 30.7 Å². The molecule has 3 aliphatic rings. The fraction of sp³-hybridized carbons (Fsp3) is 0.667. The van der Waals surface area contributed by atoms with Crippen LogP contribution in [0.4, 0.5) is 0 Å². The second-order valence-corrected chi connectivity index (χ2v) is 9.16. The second-order valence-electron chi connectivity index (χ2n) is 8.13. The predicted octanol–water partition coefficient (Wildman–Crippen LogP) is 2.00. The van der Waals surface area contributed by atoms with Gasteiger partial charge in [-0.25, -0.2) is 0 Å². The summed E-state index contributed by atoms with van der Waals surface area (Å²) in [5.41, 5.74) is 0. The summed E-state index contributed by atoms with van der Waals surface area (Å²) in [5.74, 6) is -0.262. The van der Waals surface area contributed by atoms with E-state index in [1.54, 1.807) is 11.3 Å². The van der Waals surface area contributed by atoms with Crippen molar-refractivity contribution in [1.29, 1.82) is 0 Å². The van der Waals surface area contributed by atoms with Gasteiger partial charge >= 0.3 is 0 Å². The summed E-state index contributed by atoms with van der Waals surface area (Å²) in [6.45, 7) is 4.53. The van der Waals surface area contributed by atoms with E-state index in [-0.39, 0.29) is 42.5 Å². The molecule has 28 heavy (non-hydrogen) atoms. The van der Waals surface area contributed by atoms with Gasteiger partial charge in [-0.15, -0.1) is 11.3 Å². The van der Waals surface area contributed by atoms with E-state index < -0.39 is 0 Å². The molecule has 3 heterocycles. The Labute approximate surface area is 170 Å². The Kier molecular flexibility index (Phi) is 6.11. The maximum atomic E-state index is 12.6. The summed E-state index contributed by atoms with van der Waals surface area (Å²) in [6.07, 6.45) is 5.03. The number of nitrogens with zero attached hydrogens (tertiary/aromatic N) is 3. The Morgan fingerprint density at radius 2 is 1.68 bits per heavy atom. The minimum Gasteiger partial charge on any atom is -0.340 e. The Balaban J connectivity index is 1.20. The highest BCUT2D eigenvalue weighted by Gasteiger charge is 2.47. The van der Waals surface area contributed by atoms with Gasteiger partial charge in [0.15, 0.2) is 0 Å². The SMILES string of the molecule is O=C(CCN1C(=O)C2CCCCC2C1=O)N1CCN(CCc2cccs2)CC1. The number of piperazine rings is 1. The van der Waals surface area contributed by atoms with Crippen molar-refractivity contribution in [3.63, 3.8) is 0 Å². The van der Waals surface area contributed by atoms with Crippen LogP contribution in [0.1, 0.15) is 37.0 Å². The molecule has 1 aliphatic carbocycles. The zero-order chi connectivity index (χ0) is 19.5. The zero-order valence-electron chi connectivity index (χ0n) is 16.3. The van der Waals surface area contributed by atoms with Crippen molar-refractivity contribution in [2.24, 2.45) is 11.8 Å². The van der Waals surface area contributed by atoms with E-state index in [0.717, 1.165) is 64.8 Å². The van der Waals surface area contributed by atoms with Gasteiger partial charge in [0.05, 0.1) is 11.8 Å². The average molecular weight is 404 g/mol. The largest absolute Gasteiger partial charge is 0.340 e. The zero-order valence-corrected chi connectivity index (χ0v) is 17.2. The molecule has 0 N–H and O–H groups in total. The van der Waals surface area contributed by atoms with E-state index in [1.807, 2.05) is 4.90 Å². The number of carbonyl (C=O) groups excluding carboxylic acids is 3. The molecule has 1 saturated carbocycles. The minimum absolute atomic E-state index is 0.0408. The van der Waals surface area contributed by atoms with Crippen LogP contribution in [0.2, 0.25) is 0 Å². The summed E-state index contributed by atoms with van der Waals surface area (Å²) in [4.78, 5) is 44.7. The number of fused-ring (bicyclic) bond motifs is 1. The minimum atomic E-state index is -0.122. The van der Waals surface area contributed by atoms with Crippen LogP contribution in [-0.2, 0) is 20.8 Å². The summed E-state index contributed by atoms with van der Waals surface area (Å²) >= 11 is 1.79. The third kappa shape index (κ3) is 4.15. The van der Waals surface area contributed by atoms with Crippen LogP contribution >= 0.6 is 11.3 Å². The van der Waals surface area contributed by atoms with Crippen LogP contribution in [0.5, 0.6) is 0 Å². The van der Waals surface area contributed by atoms with E-state index >= 15 is 0 Å². The molecule has 2 saturated heterocycles. The summed E-state index contributed by atoms with van der Waals surface area (Å²) in [7, 11) is 0. The third-order valence-electron chi connectivity index (χ3n) is 6.46. The van der Waals surface area contributed by atoms with Gasteiger partial charge in [0, 0.05) is 50.6 Å². The van der Waals surface area contributed by atoms with Crippen molar-refractivity contribution >= 4 is 29.1 Å². The van der Waals surface area contributed by atoms with Gasteiger partial charge in [-0.2, -0.15) is 0 Å². The van der Waals surface area contributed by atoms with Crippen LogP contribution in [0.15, 0.2) is 17.5 Å². The number of rotatable bonds is 6. The number of carbonyl (C=O) groups is 3. The van der Waals surface area contributed by atoms with Crippen LogP contribution < -0.4 is 0 Å². The Bertz CT molecular complexity index is 688. The Morgan fingerprint density at radius 1 is 1.00 bits per heavy atom. The van der Waals surface area contributed by atoms with Crippen LogP contribution in [-0.4, -0.2) is 71.7 Å². The molecule has 0 aromatic carbocycles. The normalized spacial score (nSPS) is 26.0. The molecule has 2 atom stereocenters. The molecule has 3 fully saturated rings. The molecule has 1 aromatic heterocycles. The van der Waals surface area contributed by atoms with Gasteiger partial charge < -0.3 is 4.90 Å². The van der Waals surface area contributed by atoms with Crippen molar-refractivity contribution in [2.45, 2.75) is 38.5 Å². The first kappa shape index (κ1) is 19.6. The molecule has 0 radical (unpaired) electrons. The lowest BCUT2D eigenvalue weighted by atomic mass is 9.81. The van der Waals surface area contributed by atoms with E-state index in [2.05, 4.69) is 22.4 Å². The lowest BCUT2D eigenvalue weighted by molar-refractivity contribution is -0.141. The smallest absolute Gasteiger partial charge is 0.233 e. The highest BCUT2D eigenvalue weighted by molar-refractivity contribution is 7.09. The fourth-order valence-corrected chi connectivity index (χ4v) is 5.46. The van der Waals surface area contributed by atoms with Crippen molar-refractivity contribution < 1.29 is 14.4 Å². The Morgan fingerprint density at radius 3 is 2.29 bits per heavy atom. The molecule has 1 aromatic rings. The molecule has 2 aliphatic heterocycles. The van der Waals surface area contributed by atoms with Gasteiger partial charge in [0.2, 0.25) is 17.7 Å². The standard InChI is InChI=1S/C21H29N3O3S/c25-19(8-10-24-20(26)17-5-1-2-6-18(17)21(24)27)23-13-11-22(12-14-23)9-7-16-4-3-15-28-16/h3-4,15,17-18H,1-2,5-14H2. The third-order valence-corrected chi connectivity index (χ3v) is 7.40. The Hall–Kier alpha value is -1.73. The van der Waals surface area contributed by atoms with E-state index in [4.69, 9.17) is 0 Å². The maximum absolute atomic E-state index is 12.6. The first-order chi connectivity index (χ1) is 13.6. The fourth-order valence-electron chi connectivity index (χ4n) is 4.76. The molecule has 2 unspecified atom stereocenters. The molecule has 6 nitrogen and oxygen atoms in total. The summed E-state index contributed by atoms with van der Waals surface area (Å²) in [6, 6.07) is 4.25. The van der Waals surface area contributed by atoms with Crippen molar-refractivity contribution in [1.82, 2.24) is 14.7 Å². The number of likely N-dealkylation sites (tertiary alicyclic amines) is 1. The van der Waals surface area contributed by atoms with Crippen LogP contribution in [0, 0.1) is 11.8 Å². The number of amides is 3. The predicted molar refractivity (Wildman–Crippen MR) is 108 cm³/mol. The molecule has 0 bridgehead atoms. The number of hydrogen-bond donors (Lipinski definition) is 0. The highest BCUT2D eigenvalue weighted by atomic mass is 32.1. The van der Waals surface area contributed by atoms with Gasteiger partial charge in [-0.1, -0.05) is 18.9 Å². The monoisotopic (exact) mass is 403 g/mol. The van der Waals surface area contributed by atoms with Crippen molar-refractivity contribution in [3.05, 3.63) is 22.4 Å². The maximum Gasteiger partial charge on any atom is 0.233 e. The molecular formula is C21H29N3O3S. The van der Waals surface area contributed by atoms with E-state index in [9.17, 15) is 14.4 Å². The molecule has 7 heteroatoms. The van der Waals surface area contributed by atoms with Crippen molar-refractivity contribution in [3.8, 4) is 0 Å². The molecule has 0 spiro atoms. The van der Waals surface area contributed by atoms with Gasteiger partial charge in [-0.3, -0.25) is 24.2 Å². The summed E-state index contributed by atoms with van der Waals surface area (Å²) < 4.78 is 0.